The SMILES string of the molecule is CC1(C)Cc2cccc(N3C(=O)NC(CCF)C3=O)c2O1. The van der Waals surface area contributed by atoms with E-state index >= 15 is 0 Å². The monoisotopic (exact) mass is 292 g/mol. The van der Waals surface area contributed by atoms with Gasteiger partial charge in [0.05, 0.1) is 12.4 Å². The van der Waals surface area contributed by atoms with E-state index in [4.69, 9.17) is 4.74 Å². The van der Waals surface area contributed by atoms with Gasteiger partial charge in [0, 0.05) is 18.4 Å². The van der Waals surface area contributed by atoms with Crippen LogP contribution in [0.2, 0.25) is 0 Å². The molecule has 0 saturated carbocycles. The van der Waals surface area contributed by atoms with Gasteiger partial charge in [0.2, 0.25) is 0 Å². The van der Waals surface area contributed by atoms with Crippen LogP contribution in [0.1, 0.15) is 25.8 Å². The molecule has 1 unspecified atom stereocenters. The second-order valence-electron chi connectivity index (χ2n) is 5.96. The molecule has 3 rings (SSSR count). The van der Waals surface area contributed by atoms with Gasteiger partial charge < -0.3 is 10.1 Å². The van der Waals surface area contributed by atoms with E-state index in [-0.39, 0.29) is 12.0 Å². The second kappa shape index (κ2) is 4.72. The summed E-state index contributed by atoms with van der Waals surface area (Å²) < 4.78 is 18.3. The van der Waals surface area contributed by atoms with E-state index in [0.717, 1.165) is 10.5 Å². The predicted molar refractivity (Wildman–Crippen MR) is 75.3 cm³/mol. The molecule has 1 saturated heterocycles. The number of para-hydroxylation sites is 1. The number of carbonyl (C=O) groups is 2. The standard InChI is InChI=1S/C15H17FN2O3/c1-15(2)8-9-4-3-5-11(12(9)21-15)18-13(19)10(6-7-16)17-14(18)20/h3-5,10H,6-8H2,1-2H3,(H,17,20). The van der Waals surface area contributed by atoms with Crippen LogP contribution >= 0.6 is 0 Å². The summed E-state index contributed by atoms with van der Waals surface area (Å²) in [6.45, 7) is 3.25. The number of nitrogens with one attached hydrogen (secondary N) is 1. The third kappa shape index (κ3) is 2.24. The van der Waals surface area contributed by atoms with Gasteiger partial charge in [-0.2, -0.15) is 0 Å². The lowest BCUT2D eigenvalue weighted by molar-refractivity contribution is -0.118. The number of rotatable bonds is 3. The van der Waals surface area contributed by atoms with E-state index in [0.29, 0.717) is 17.9 Å². The number of alkyl halides is 1. The maximum absolute atomic E-state index is 12.4. The molecule has 1 N–H and O–H groups in total. The van der Waals surface area contributed by atoms with Crippen LogP contribution in [-0.4, -0.2) is 30.3 Å². The highest BCUT2D eigenvalue weighted by Crippen LogP contribution is 2.42. The van der Waals surface area contributed by atoms with Gasteiger partial charge in [0.1, 0.15) is 17.4 Å². The smallest absolute Gasteiger partial charge is 0.329 e. The zero-order valence-electron chi connectivity index (χ0n) is 12.0. The van der Waals surface area contributed by atoms with E-state index in [1.54, 1.807) is 12.1 Å². The van der Waals surface area contributed by atoms with Crippen molar-refractivity contribution in [3.8, 4) is 5.75 Å². The van der Waals surface area contributed by atoms with Crippen LogP contribution in [0.5, 0.6) is 5.75 Å². The Hall–Kier alpha value is -2.11. The maximum Gasteiger partial charge on any atom is 0.329 e. The molecular weight excluding hydrogens is 275 g/mol. The number of nitrogens with zero attached hydrogens (tertiary/aromatic N) is 1. The van der Waals surface area contributed by atoms with Gasteiger partial charge in [-0.3, -0.25) is 9.18 Å². The number of amides is 3. The Morgan fingerprint density at radius 2 is 2.19 bits per heavy atom. The molecule has 21 heavy (non-hydrogen) atoms. The minimum Gasteiger partial charge on any atom is -0.485 e. The predicted octanol–water partition coefficient (Wildman–Crippen LogP) is 2.18. The average Bonchev–Trinajstić information content (AvgIpc) is 2.86. The van der Waals surface area contributed by atoms with E-state index < -0.39 is 24.7 Å². The number of imide groups is 1. The van der Waals surface area contributed by atoms with Crippen molar-refractivity contribution in [3.63, 3.8) is 0 Å². The first kappa shape index (κ1) is 13.9. The molecule has 2 aliphatic heterocycles. The van der Waals surface area contributed by atoms with Gasteiger partial charge in [0.15, 0.2) is 0 Å². The van der Waals surface area contributed by atoms with Crippen LogP contribution in [0, 0.1) is 0 Å². The molecule has 0 radical (unpaired) electrons. The number of anilines is 1. The molecule has 2 heterocycles. The molecule has 2 aliphatic rings. The minimum absolute atomic E-state index is 0.0115. The maximum atomic E-state index is 12.4. The van der Waals surface area contributed by atoms with Crippen molar-refractivity contribution in [2.45, 2.75) is 38.3 Å². The minimum atomic E-state index is -0.798. The Labute approximate surface area is 122 Å². The summed E-state index contributed by atoms with van der Waals surface area (Å²) in [7, 11) is 0. The fourth-order valence-corrected chi connectivity index (χ4v) is 2.84. The van der Waals surface area contributed by atoms with E-state index in [1.165, 1.54) is 0 Å². The zero-order chi connectivity index (χ0) is 15.2. The molecule has 0 spiro atoms. The number of urea groups is 1. The fourth-order valence-electron chi connectivity index (χ4n) is 2.84. The summed E-state index contributed by atoms with van der Waals surface area (Å²) in [4.78, 5) is 25.4. The molecule has 0 aromatic heterocycles. The van der Waals surface area contributed by atoms with E-state index in [9.17, 15) is 14.0 Å². The number of carbonyl (C=O) groups excluding carboxylic acids is 2. The van der Waals surface area contributed by atoms with Crippen molar-refractivity contribution >= 4 is 17.6 Å². The van der Waals surface area contributed by atoms with Crippen molar-refractivity contribution in [1.82, 2.24) is 5.32 Å². The van der Waals surface area contributed by atoms with Crippen LogP contribution < -0.4 is 15.0 Å². The molecule has 1 aromatic rings. The lowest BCUT2D eigenvalue weighted by Crippen LogP contribution is -2.32. The highest BCUT2D eigenvalue weighted by molar-refractivity contribution is 6.22. The van der Waals surface area contributed by atoms with Crippen molar-refractivity contribution in [2.24, 2.45) is 0 Å². The first-order valence-corrected chi connectivity index (χ1v) is 6.94. The summed E-state index contributed by atoms with van der Waals surface area (Å²) in [6, 6.07) is 4.07. The lowest BCUT2D eigenvalue weighted by Gasteiger charge is -2.20. The van der Waals surface area contributed by atoms with E-state index in [2.05, 4.69) is 5.32 Å². The molecular formula is C15H17FN2O3. The fraction of sp³-hybridized carbons (Fsp3) is 0.467. The van der Waals surface area contributed by atoms with E-state index in [1.807, 2.05) is 19.9 Å². The molecule has 3 amide bonds. The highest BCUT2D eigenvalue weighted by atomic mass is 19.1. The number of ether oxygens (including phenoxy) is 1. The van der Waals surface area contributed by atoms with Gasteiger partial charge >= 0.3 is 6.03 Å². The summed E-state index contributed by atoms with van der Waals surface area (Å²) in [5.41, 5.74) is 1.03. The molecule has 0 aliphatic carbocycles. The second-order valence-corrected chi connectivity index (χ2v) is 5.96. The number of halogens is 1. The molecule has 6 heteroatoms. The van der Waals surface area contributed by atoms with Gasteiger partial charge in [-0.25, -0.2) is 9.69 Å². The Morgan fingerprint density at radius 1 is 1.43 bits per heavy atom. The molecule has 1 aromatic carbocycles. The number of fused-ring (bicyclic) bond motifs is 1. The molecule has 5 nitrogen and oxygen atoms in total. The first-order valence-electron chi connectivity index (χ1n) is 6.94. The lowest BCUT2D eigenvalue weighted by atomic mass is 10.0. The first-order chi connectivity index (χ1) is 9.93. The molecule has 1 atom stereocenters. The summed E-state index contributed by atoms with van der Waals surface area (Å²) in [5.74, 6) is 0.131. The van der Waals surface area contributed by atoms with Gasteiger partial charge in [-0.05, 0) is 19.9 Å². The quantitative estimate of drug-likeness (QED) is 0.869. The van der Waals surface area contributed by atoms with Crippen molar-refractivity contribution in [3.05, 3.63) is 23.8 Å². The number of hydrogen-bond acceptors (Lipinski definition) is 3. The van der Waals surface area contributed by atoms with Gasteiger partial charge in [-0.1, -0.05) is 12.1 Å². The highest BCUT2D eigenvalue weighted by Gasteiger charge is 2.42. The Balaban J connectivity index is 1.98. The number of benzene rings is 1. The summed E-state index contributed by atoms with van der Waals surface area (Å²) in [5, 5.41) is 2.51. The average molecular weight is 292 g/mol. The van der Waals surface area contributed by atoms with Crippen LogP contribution in [0.4, 0.5) is 14.9 Å². The molecule has 0 bridgehead atoms. The topological polar surface area (TPSA) is 58.6 Å². The Kier molecular flexibility index (Phi) is 3.11. The van der Waals surface area contributed by atoms with Crippen molar-refractivity contribution < 1.29 is 18.7 Å². The third-order valence-corrected chi connectivity index (χ3v) is 3.73. The molecule has 1 fully saturated rings. The summed E-state index contributed by atoms with van der Waals surface area (Å²) in [6.07, 6.45) is 0.705. The Morgan fingerprint density at radius 3 is 2.90 bits per heavy atom. The zero-order valence-corrected chi connectivity index (χ0v) is 12.0. The third-order valence-electron chi connectivity index (χ3n) is 3.73. The van der Waals surface area contributed by atoms with Crippen LogP contribution in [-0.2, 0) is 11.2 Å². The number of hydrogen-bond donors (Lipinski definition) is 1. The normalized spacial score (nSPS) is 23.0. The van der Waals surface area contributed by atoms with Crippen LogP contribution in [0.3, 0.4) is 0 Å². The van der Waals surface area contributed by atoms with Gasteiger partial charge in [-0.15, -0.1) is 0 Å². The van der Waals surface area contributed by atoms with Crippen LogP contribution in [0.25, 0.3) is 0 Å². The largest absolute Gasteiger partial charge is 0.485 e. The van der Waals surface area contributed by atoms with Gasteiger partial charge in [0.25, 0.3) is 5.91 Å². The van der Waals surface area contributed by atoms with Crippen LogP contribution in [0.15, 0.2) is 18.2 Å². The summed E-state index contributed by atoms with van der Waals surface area (Å²) >= 11 is 0. The Bertz CT molecular complexity index is 615. The van der Waals surface area contributed by atoms with Crippen molar-refractivity contribution in [1.29, 1.82) is 0 Å². The molecule has 112 valence electrons. The van der Waals surface area contributed by atoms with Crippen molar-refractivity contribution in [2.75, 3.05) is 11.6 Å².